The molecule has 0 radical (unpaired) electrons. The van der Waals surface area contributed by atoms with Crippen LogP contribution in [0.3, 0.4) is 0 Å². The van der Waals surface area contributed by atoms with Gasteiger partial charge < -0.3 is 9.90 Å². The number of hydrogen-bond donors (Lipinski definition) is 0. The molecule has 5 heteroatoms. The van der Waals surface area contributed by atoms with Crippen LogP contribution in [0.5, 0.6) is 0 Å². The van der Waals surface area contributed by atoms with Crippen LogP contribution in [0.4, 0.5) is 0 Å². The van der Waals surface area contributed by atoms with Crippen molar-refractivity contribution in [2.75, 3.05) is 12.0 Å². The van der Waals surface area contributed by atoms with Crippen LogP contribution in [0.25, 0.3) is 0 Å². The third-order valence-corrected chi connectivity index (χ3v) is 1.37. The topological polar surface area (TPSA) is 57.2 Å². The molecule has 0 spiro atoms. The number of rotatable bonds is 4. The fraction of sp³-hybridized carbons (Fsp3) is 0.600. The molecule has 0 unspecified atom stereocenters. The zero-order chi connectivity index (χ0) is 7.28. The van der Waals surface area contributed by atoms with Gasteiger partial charge in [0.1, 0.15) is 5.97 Å². The van der Waals surface area contributed by atoms with Gasteiger partial charge in [0.25, 0.3) is 0 Å². The molecule has 10 heavy (non-hydrogen) atoms. The van der Waals surface area contributed by atoms with Crippen LogP contribution in [-0.4, -0.2) is 23.8 Å². The van der Waals surface area contributed by atoms with Crippen LogP contribution < -0.4 is 24.0 Å². The van der Waals surface area contributed by atoms with E-state index in [0.717, 1.165) is 0 Å². The molecular formula is C5H7LiO3S. The van der Waals surface area contributed by atoms with E-state index in [1.165, 1.54) is 11.8 Å². The normalized spacial score (nSPS) is 8.10. The van der Waals surface area contributed by atoms with E-state index in [1.54, 1.807) is 0 Å². The Hall–Kier alpha value is 0.0874. The molecule has 0 saturated carbocycles. The van der Waals surface area contributed by atoms with Gasteiger partial charge in [-0.05, 0) is 6.26 Å². The Labute approximate surface area is 75.7 Å². The Kier molecular flexibility index (Phi) is 9.17. The van der Waals surface area contributed by atoms with Gasteiger partial charge in [-0.3, -0.25) is 4.79 Å². The van der Waals surface area contributed by atoms with E-state index in [4.69, 9.17) is 0 Å². The smallest absolute Gasteiger partial charge is 0.542 e. The number of carbonyl (C=O) groups excluding carboxylic acids is 2. The molecule has 0 bridgehead atoms. The molecule has 0 aliphatic carbocycles. The fourth-order valence-electron chi connectivity index (χ4n) is 0.297. The van der Waals surface area contributed by atoms with Crippen LogP contribution in [-0.2, 0) is 9.59 Å². The number of carbonyl (C=O) groups is 2. The van der Waals surface area contributed by atoms with Gasteiger partial charge in [-0.15, -0.1) is 0 Å². The second-order valence-electron chi connectivity index (χ2n) is 1.45. The zero-order valence-electron chi connectivity index (χ0n) is 6.05. The molecular weight excluding hydrogens is 147 g/mol. The van der Waals surface area contributed by atoms with Crippen molar-refractivity contribution in [1.82, 2.24) is 0 Å². The fourth-order valence-corrected chi connectivity index (χ4v) is 0.686. The number of aliphatic carboxylic acids is 1. The van der Waals surface area contributed by atoms with Crippen LogP contribution in [0.15, 0.2) is 0 Å². The molecule has 0 saturated heterocycles. The molecule has 0 aromatic heterocycles. The van der Waals surface area contributed by atoms with Gasteiger partial charge in [0.05, 0.1) is 0 Å². The number of Topliss-reactive ketones (excluding diaryl/α,β-unsaturated/α-hetero) is 1. The quantitative estimate of drug-likeness (QED) is 0.306. The van der Waals surface area contributed by atoms with E-state index in [-0.39, 0.29) is 25.3 Å². The summed E-state index contributed by atoms with van der Waals surface area (Å²) in [6.45, 7) is 0. The number of thioether (sulfide) groups is 1. The van der Waals surface area contributed by atoms with Crippen molar-refractivity contribution < 1.29 is 33.6 Å². The van der Waals surface area contributed by atoms with Gasteiger partial charge in [0.2, 0.25) is 0 Å². The van der Waals surface area contributed by atoms with E-state index in [2.05, 4.69) is 0 Å². The van der Waals surface area contributed by atoms with Gasteiger partial charge >= 0.3 is 18.9 Å². The summed E-state index contributed by atoms with van der Waals surface area (Å²) in [4.78, 5) is 20.0. The SMILES string of the molecule is CSCCC(=O)C(=O)[O-].[Li+]. The molecule has 0 aliphatic heterocycles. The van der Waals surface area contributed by atoms with Crippen molar-refractivity contribution in [2.24, 2.45) is 0 Å². The minimum absolute atomic E-state index is 0. The van der Waals surface area contributed by atoms with Gasteiger partial charge in [0, 0.05) is 12.2 Å². The molecule has 3 nitrogen and oxygen atoms in total. The first-order valence-electron chi connectivity index (χ1n) is 2.41. The van der Waals surface area contributed by atoms with Crippen molar-refractivity contribution >= 4 is 23.5 Å². The molecule has 0 rings (SSSR count). The Morgan fingerprint density at radius 2 is 2.00 bits per heavy atom. The average Bonchev–Trinajstić information content (AvgIpc) is 1.82. The molecule has 0 aromatic rings. The third-order valence-electron chi connectivity index (χ3n) is 0.761. The van der Waals surface area contributed by atoms with Crippen LogP contribution in [0, 0.1) is 0 Å². The first-order chi connectivity index (χ1) is 4.18. The summed E-state index contributed by atoms with van der Waals surface area (Å²) in [7, 11) is 0. The Balaban J connectivity index is 0. The van der Waals surface area contributed by atoms with E-state index < -0.39 is 11.8 Å². The molecule has 0 aliphatic rings. The molecule has 0 atom stereocenters. The largest absolute Gasteiger partial charge is 1.00 e. The van der Waals surface area contributed by atoms with Crippen LogP contribution in [0.1, 0.15) is 6.42 Å². The predicted molar refractivity (Wildman–Crippen MR) is 33.0 cm³/mol. The Morgan fingerprint density at radius 1 is 1.50 bits per heavy atom. The summed E-state index contributed by atoms with van der Waals surface area (Å²) in [6, 6.07) is 0. The molecule has 52 valence electrons. The first-order valence-corrected chi connectivity index (χ1v) is 3.81. The number of carboxylic acids is 1. The number of ketones is 1. The molecule has 0 aromatic carbocycles. The van der Waals surface area contributed by atoms with Gasteiger partial charge in [0.15, 0.2) is 5.78 Å². The van der Waals surface area contributed by atoms with E-state index in [1.807, 2.05) is 6.26 Å². The third kappa shape index (κ3) is 6.21. The van der Waals surface area contributed by atoms with E-state index >= 15 is 0 Å². The Bertz CT molecular complexity index is 126. The van der Waals surface area contributed by atoms with Crippen molar-refractivity contribution in [1.29, 1.82) is 0 Å². The standard InChI is InChI=1S/C5H8O3S.Li/c1-9-3-2-4(6)5(7)8;/h2-3H2,1H3,(H,7,8);/q;+1/p-1. The number of hydrogen-bond acceptors (Lipinski definition) is 4. The average molecular weight is 154 g/mol. The van der Waals surface area contributed by atoms with Crippen LogP contribution >= 0.6 is 11.8 Å². The molecule has 0 N–H and O–H groups in total. The van der Waals surface area contributed by atoms with E-state index in [9.17, 15) is 14.7 Å². The van der Waals surface area contributed by atoms with Crippen molar-refractivity contribution in [3.63, 3.8) is 0 Å². The first kappa shape index (κ1) is 12.7. The summed E-state index contributed by atoms with van der Waals surface area (Å²) in [5.41, 5.74) is 0. The summed E-state index contributed by atoms with van der Waals surface area (Å²) >= 11 is 1.44. The second-order valence-corrected chi connectivity index (χ2v) is 2.44. The number of carboxylic acid groups (broad SMARTS) is 1. The Morgan fingerprint density at radius 3 is 2.30 bits per heavy atom. The summed E-state index contributed by atoms with van der Waals surface area (Å²) in [5.74, 6) is -1.85. The maximum atomic E-state index is 10.2. The maximum Gasteiger partial charge on any atom is 1.00 e. The zero-order valence-corrected chi connectivity index (χ0v) is 6.86. The van der Waals surface area contributed by atoms with Gasteiger partial charge in [-0.25, -0.2) is 0 Å². The minimum Gasteiger partial charge on any atom is -0.542 e. The monoisotopic (exact) mass is 154 g/mol. The van der Waals surface area contributed by atoms with Crippen molar-refractivity contribution in [3.05, 3.63) is 0 Å². The molecule has 0 heterocycles. The minimum atomic E-state index is -1.58. The maximum absolute atomic E-state index is 10.2. The summed E-state index contributed by atoms with van der Waals surface area (Å²) in [6.07, 6.45) is 1.88. The van der Waals surface area contributed by atoms with Gasteiger partial charge in [-0.2, -0.15) is 11.8 Å². The summed E-state index contributed by atoms with van der Waals surface area (Å²) in [5, 5.41) is 9.74. The van der Waals surface area contributed by atoms with E-state index in [0.29, 0.717) is 5.75 Å². The van der Waals surface area contributed by atoms with Gasteiger partial charge in [-0.1, -0.05) is 0 Å². The molecule has 0 fully saturated rings. The van der Waals surface area contributed by atoms with Crippen molar-refractivity contribution in [2.45, 2.75) is 6.42 Å². The molecule has 0 amide bonds. The summed E-state index contributed by atoms with van der Waals surface area (Å²) < 4.78 is 0. The van der Waals surface area contributed by atoms with Crippen LogP contribution in [0.2, 0.25) is 0 Å². The van der Waals surface area contributed by atoms with Crippen molar-refractivity contribution in [3.8, 4) is 0 Å². The predicted octanol–water partition coefficient (Wildman–Crippen LogP) is -3.94. The second kappa shape index (κ2) is 7.20.